The van der Waals surface area contributed by atoms with Gasteiger partial charge in [-0.25, -0.2) is 0 Å². The van der Waals surface area contributed by atoms with E-state index in [9.17, 15) is 5.11 Å². The van der Waals surface area contributed by atoms with Gasteiger partial charge >= 0.3 is 0 Å². The molecule has 1 heterocycles. The summed E-state index contributed by atoms with van der Waals surface area (Å²) in [5.41, 5.74) is 3.74. The number of aromatic nitrogens is 2. The largest absolute Gasteiger partial charge is 0.382 e. The number of rotatable bonds is 4. The smallest absolute Gasteiger partial charge is 0.122 e. The lowest BCUT2D eigenvalue weighted by Gasteiger charge is -2.17. The van der Waals surface area contributed by atoms with Crippen LogP contribution in [0.3, 0.4) is 0 Å². The molecular formula is C15H19ClN2O. The molecule has 19 heavy (non-hydrogen) atoms. The quantitative estimate of drug-likeness (QED) is 0.927. The SMILES string of the molecule is CCCn1ncc(Cl)c1C(O)c1cc(C)ccc1C. The van der Waals surface area contributed by atoms with E-state index < -0.39 is 6.10 Å². The molecule has 0 radical (unpaired) electrons. The molecule has 102 valence electrons. The fourth-order valence-corrected chi connectivity index (χ4v) is 2.48. The highest BCUT2D eigenvalue weighted by molar-refractivity contribution is 6.31. The van der Waals surface area contributed by atoms with Gasteiger partial charge in [-0.1, -0.05) is 42.3 Å². The first-order valence-corrected chi connectivity index (χ1v) is 6.88. The molecule has 3 nitrogen and oxygen atoms in total. The highest BCUT2D eigenvalue weighted by atomic mass is 35.5. The second kappa shape index (κ2) is 5.76. The van der Waals surface area contributed by atoms with Gasteiger partial charge < -0.3 is 5.11 Å². The Morgan fingerprint density at radius 1 is 1.37 bits per heavy atom. The van der Waals surface area contributed by atoms with Crippen LogP contribution in [0.5, 0.6) is 0 Å². The van der Waals surface area contributed by atoms with Crippen LogP contribution >= 0.6 is 11.6 Å². The highest BCUT2D eigenvalue weighted by Gasteiger charge is 2.21. The Labute approximate surface area is 118 Å². The van der Waals surface area contributed by atoms with Crippen molar-refractivity contribution in [3.63, 3.8) is 0 Å². The van der Waals surface area contributed by atoms with E-state index in [-0.39, 0.29) is 0 Å². The average Bonchev–Trinajstić information content (AvgIpc) is 2.73. The zero-order valence-corrected chi connectivity index (χ0v) is 12.3. The molecule has 2 rings (SSSR count). The van der Waals surface area contributed by atoms with Crippen LogP contribution in [0.4, 0.5) is 0 Å². The number of aryl methyl sites for hydroxylation is 3. The molecular weight excluding hydrogens is 260 g/mol. The van der Waals surface area contributed by atoms with Gasteiger partial charge in [-0.15, -0.1) is 0 Å². The summed E-state index contributed by atoms with van der Waals surface area (Å²) < 4.78 is 1.79. The van der Waals surface area contributed by atoms with Crippen molar-refractivity contribution in [1.29, 1.82) is 0 Å². The van der Waals surface area contributed by atoms with Crippen LogP contribution in [0, 0.1) is 13.8 Å². The summed E-state index contributed by atoms with van der Waals surface area (Å²) in [4.78, 5) is 0. The first-order valence-electron chi connectivity index (χ1n) is 6.51. The Kier molecular flexibility index (Phi) is 4.27. The lowest BCUT2D eigenvalue weighted by molar-refractivity contribution is 0.206. The lowest BCUT2D eigenvalue weighted by atomic mass is 9.99. The standard InChI is InChI=1S/C15H19ClN2O/c1-4-7-18-14(13(16)9-17-18)15(19)12-8-10(2)5-6-11(12)3/h5-6,8-9,15,19H,4,7H2,1-3H3. The van der Waals surface area contributed by atoms with E-state index in [0.717, 1.165) is 29.7 Å². The van der Waals surface area contributed by atoms with Crippen molar-refractivity contribution in [2.24, 2.45) is 0 Å². The predicted octanol–water partition coefficient (Wildman–Crippen LogP) is 3.65. The molecule has 0 saturated carbocycles. The maximum atomic E-state index is 10.6. The summed E-state index contributed by atoms with van der Waals surface area (Å²) in [6, 6.07) is 6.05. The predicted molar refractivity (Wildman–Crippen MR) is 77.5 cm³/mol. The Balaban J connectivity index is 2.46. The van der Waals surface area contributed by atoms with Crippen molar-refractivity contribution in [3.05, 3.63) is 51.8 Å². The Bertz CT molecular complexity index is 578. The minimum atomic E-state index is -0.735. The third kappa shape index (κ3) is 2.82. The number of benzene rings is 1. The van der Waals surface area contributed by atoms with Crippen molar-refractivity contribution >= 4 is 11.6 Å². The van der Waals surface area contributed by atoms with Crippen LogP contribution < -0.4 is 0 Å². The number of hydrogen-bond acceptors (Lipinski definition) is 2. The van der Waals surface area contributed by atoms with Crippen molar-refractivity contribution in [2.75, 3.05) is 0 Å². The van der Waals surface area contributed by atoms with E-state index in [2.05, 4.69) is 12.0 Å². The van der Waals surface area contributed by atoms with Crippen LogP contribution in [0.2, 0.25) is 5.02 Å². The zero-order valence-electron chi connectivity index (χ0n) is 11.5. The molecule has 1 atom stereocenters. The first-order chi connectivity index (χ1) is 9.04. The summed E-state index contributed by atoms with van der Waals surface area (Å²) in [6.45, 7) is 6.83. The summed E-state index contributed by atoms with van der Waals surface area (Å²) in [6.07, 6.45) is 1.81. The van der Waals surface area contributed by atoms with Gasteiger partial charge in [0.1, 0.15) is 6.10 Å². The summed E-state index contributed by atoms with van der Waals surface area (Å²) in [7, 11) is 0. The van der Waals surface area contributed by atoms with Crippen LogP contribution in [-0.2, 0) is 6.54 Å². The van der Waals surface area contributed by atoms with Crippen molar-refractivity contribution in [3.8, 4) is 0 Å². The monoisotopic (exact) mass is 278 g/mol. The van der Waals surface area contributed by atoms with E-state index in [0.29, 0.717) is 10.7 Å². The summed E-state index contributed by atoms with van der Waals surface area (Å²) in [5, 5.41) is 15.4. The van der Waals surface area contributed by atoms with Crippen LogP contribution in [0.25, 0.3) is 0 Å². The van der Waals surface area contributed by atoms with Gasteiger partial charge in [-0.2, -0.15) is 5.10 Å². The third-order valence-corrected chi connectivity index (χ3v) is 3.55. The fraction of sp³-hybridized carbons (Fsp3) is 0.400. The van der Waals surface area contributed by atoms with Gasteiger partial charge in [0.15, 0.2) is 0 Å². The van der Waals surface area contributed by atoms with Gasteiger partial charge in [0, 0.05) is 6.54 Å². The molecule has 4 heteroatoms. The maximum absolute atomic E-state index is 10.6. The molecule has 2 aromatic rings. The molecule has 0 spiro atoms. The summed E-state index contributed by atoms with van der Waals surface area (Å²) in [5.74, 6) is 0. The minimum absolute atomic E-state index is 0.516. The van der Waals surface area contributed by atoms with Crippen molar-refractivity contribution in [1.82, 2.24) is 9.78 Å². The topological polar surface area (TPSA) is 38.0 Å². The van der Waals surface area contributed by atoms with E-state index >= 15 is 0 Å². The number of aliphatic hydroxyl groups is 1. The second-order valence-corrected chi connectivity index (χ2v) is 5.27. The van der Waals surface area contributed by atoms with Crippen molar-refractivity contribution in [2.45, 2.75) is 39.8 Å². The van der Waals surface area contributed by atoms with Crippen LogP contribution in [0.1, 0.15) is 41.8 Å². The van der Waals surface area contributed by atoms with Gasteiger partial charge in [0.25, 0.3) is 0 Å². The number of nitrogens with zero attached hydrogens (tertiary/aromatic N) is 2. The normalized spacial score (nSPS) is 12.7. The highest BCUT2D eigenvalue weighted by Crippen LogP contribution is 2.30. The molecule has 0 amide bonds. The molecule has 1 N–H and O–H groups in total. The molecule has 1 aromatic carbocycles. The number of aliphatic hydroxyl groups excluding tert-OH is 1. The fourth-order valence-electron chi connectivity index (χ4n) is 2.24. The molecule has 0 bridgehead atoms. The molecule has 0 aliphatic carbocycles. The second-order valence-electron chi connectivity index (χ2n) is 4.86. The number of halogens is 1. The first kappa shape index (κ1) is 14.1. The molecule has 0 fully saturated rings. The number of hydrogen-bond donors (Lipinski definition) is 1. The molecule has 0 saturated heterocycles. The van der Waals surface area contributed by atoms with Gasteiger partial charge in [-0.3, -0.25) is 4.68 Å². The van der Waals surface area contributed by atoms with Crippen molar-refractivity contribution < 1.29 is 5.11 Å². The van der Waals surface area contributed by atoms with E-state index in [4.69, 9.17) is 11.6 Å². The van der Waals surface area contributed by atoms with Crippen LogP contribution in [0.15, 0.2) is 24.4 Å². The maximum Gasteiger partial charge on any atom is 0.122 e. The Morgan fingerprint density at radius 3 is 2.79 bits per heavy atom. The Hall–Kier alpha value is -1.32. The zero-order chi connectivity index (χ0) is 14.0. The van der Waals surface area contributed by atoms with Crippen LogP contribution in [-0.4, -0.2) is 14.9 Å². The molecule has 0 aliphatic heterocycles. The van der Waals surface area contributed by atoms with Gasteiger partial charge in [-0.05, 0) is 31.4 Å². The summed E-state index contributed by atoms with van der Waals surface area (Å²) >= 11 is 6.17. The minimum Gasteiger partial charge on any atom is -0.382 e. The average molecular weight is 279 g/mol. The van der Waals surface area contributed by atoms with Gasteiger partial charge in [0.2, 0.25) is 0 Å². The lowest BCUT2D eigenvalue weighted by Crippen LogP contribution is -2.11. The Morgan fingerprint density at radius 2 is 2.11 bits per heavy atom. The third-order valence-electron chi connectivity index (χ3n) is 3.26. The van der Waals surface area contributed by atoms with E-state index in [1.54, 1.807) is 10.9 Å². The molecule has 0 aliphatic rings. The van der Waals surface area contributed by atoms with Gasteiger partial charge in [0.05, 0.1) is 16.9 Å². The molecule has 1 unspecified atom stereocenters. The van der Waals surface area contributed by atoms with E-state index in [1.807, 2.05) is 32.0 Å². The molecule has 1 aromatic heterocycles. The van der Waals surface area contributed by atoms with E-state index in [1.165, 1.54) is 0 Å².